The fourth-order valence-electron chi connectivity index (χ4n) is 1.30. The zero-order valence-electron chi connectivity index (χ0n) is 10.8. The third-order valence-corrected chi connectivity index (χ3v) is 3.66. The predicted molar refractivity (Wildman–Crippen MR) is 70.4 cm³/mol. The van der Waals surface area contributed by atoms with Crippen LogP contribution in [0.1, 0.15) is 41.6 Å². The van der Waals surface area contributed by atoms with Gasteiger partial charge in [0.15, 0.2) is 0 Å². The molecule has 1 heterocycles. The van der Waals surface area contributed by atoms with Crippen molar-refractivity contribution in [3.05, 3.63) is 16.0 Å². The molecular weight excluding hydrogens is 236 g/mol. The fourth-order valence-corrected chi connectivity index (χ4v) is 2.36. The number of hydrogen-bond acceptors (Lipinski definition) is 3. The lowest BCUT2D eigenvalue weighted by atomic mass is 9.96. The lowest BCUT2D eigenvalue weighted by Crippen LogP contribution is -2.28. The van der Waals surface area contributed by atoms with Crippen LogP contribution in [0.5, 0.6) is 0 Å². The lowest BCUT2D eigenvalue weighted by Gasteiger charge is -2.17. The van der Waals surface area contributed by atoms with E-state index < -0.39 is 11.3 Å². The van der Waals surface area contributed by atoms with E-state index in [4.69, 9.17) is 5.73 Å². The Labute approximate surface area is 105 Å². The van der Waals surface area contributed by atoms with Gasteiger partial charge in [0.05, 0.1) is 5.56 Å². The number of rotatable bonds is 2. The molecule has 0 aliphatic rings. The van der Waals surface area contributed by atoms with Crippen molar-refractivity contribution in [2.24, 2.45) is 11.1 Å². The molecule has 1 aromatic rings. The van der Waals surface area contributed by atoms with Gasteiger partial charge in [0.1, 0.15) is 5.00 Å². The quantitative estimate of drug-likeness (QED) is 0.850. The molecule has 0 unspecified atom stereocenters. The summed E-state index contributed by atoms with van der Waals surface area (Å²) >= 11 is 1.38. The summed E-state index contributed by atoms with van der Waals surface area (Å²) in [4.78, 5) is 24.2. The maximum atomic E-state index is 11.9. The molecule has 17 heavy (non-hydrogen) atoms. The van der Waals surface area contributed by atoms with Crippen molar-refractivity contribution in [3.63, 3.8) is 0 Å². The van der Waals surface area contributed by atoms with E-state index >= 15 is 0 Å². The Morgan fingerprint density at radius 2 is 1.76 bits per heavy atom. The van der Waals surface area contributed by atoms with E-state index in [2.05, 4.69) is 5.32 Å². The van der Waals surface area contributed by atoms with Crippen LogP contribution in [-0.4, -0.2) is 11.8 Å². The molecule has 5 heteroatoms. The number of anilines is 1. The summed E-state index contributed by atoms with van der Waals surface area (Å²) in [5, 5.41) is 3.32. The van der Waals surface area contributed by atoms with Gasteiger partial charge in [0.2, 0.25) is 5.91 Å². The molecule has 0 aromatic carbocycles. The van der Waals surface area contributed by atoms with E-state index in [9.17, 15) is 9.59 Å². The molecule has 0 spiro atoms. The van der Waals surface area contributed by atoms with E-state index in [1.54, 1.807) is 0 Å². The molecule has 1 aromatic heterocycles. The summed E-state index contributed by atoms with van der Waals surface area (Å²) < 4.78 is 0. The monoisotopic (exact) mass is 254 g/mol. The normalized spacial score (nSPS) is 11.4. The van der Waals surface area contributed by atoms with Crippen LogP contribution in [-0.2, 0) is 4.79 Å². The minimum Gasteiger partial charge on any atom is -0.365 e. The first-order chi connectivity index (χ1) is 7.64. The van der Waals surface area contributed by atoms with Gasteiger partial charge in [-0.15, -0.1) is 11.3 Å². The Hall–Kier alpha value is -1.36. The highest BCUT2D eigenvalue weighted by molar-refractivity contribution is 7.16. The average molecular weight is 254 g/mol. The molecule has 0 saturated carbocycles. The molecule has 0 radical (unpaired) electrons. The summed E-state index contributed by atoms with van der Waals surface area (Å²) in [7, 11) is 0. The Morgan fingerprint density at radius 3 is 2.18 bits per heavy atom. The van der Waals surface area contributed by atoms with Crippen molar-refractivity contribution >= 4 is 28.2 Å². The molecule has 1 rings (SSSR count). The van der Waals surface area contributed by atoms with Gasteiger partial charge < -0.3 is 11.1 Å². The third-order valence-electron chi connectivity index (χ3n) is 2.54. The average Bonchev–Trinajstić information content (AvgIpc) is 2.40. The van der Waals surface area contributed by atoms with Crippen molar-refractivity contribution in [1.29, 1.82) is 0 Å². The summed E-state index contributed by atoms with van der Waals surface area (Å²) in [6.07, 6.45) is 0. The molecule has 2 amide bonds. The molecule has 0 aliphatic heterocycles. The van der Waals surface area contributed by atoms with Crippen molar-refractivity contribution < 1.29 is 9.59 Å². The highest BCUT2D eigenvalue weighted by Gasteiger charge is 2.25. The number of thiophene rings is 1. The maximum Gasteiger partial charge on any atom is 0.251 e. The number of nitrogens with one attached hydrogen (secondary N) is 1. The summed E-state index contributed by atoms with van der Waals surface area (Å²) in [6.45, 7) is 9.19. The van der Waals surface area contributed by atoms with Crippen LogP contribution in [0.15, 0.2) is 0 Å². The van der Waals surface area contributed by atoms with Crippen molar-refractivity contribution in [1.82, 2.24) is 0 Å². The molecule has 0 atom stereocenters. The Morgan fingerprint density at radius 1 is 1.24 bits per heavy atom. The zero-order valence-corrected chi connectivity index (χ0v) is 11.6. The second-order valence-electron chi connectivity index (χ2n) is 5.06. The Balaban J connectivity index is 3.12. The first kappa shape index (κ1) is 13.7. The van der Waals surface area contributed by atoms with Crippen LogP contribution >= 0.6 is 11.3 Å². The standard InChI is InChI=1S/C12H18N2O2S/c1-6-7(2)17-10(8(6)9(13)15)14-11(16)12(3,4)5/h1-5H3,(H2,13,15)(H,14,16). The van der Waals surface area contributed by atoms with E-state index in [1.807, 2.05) is 34.6 Å². The number of nitrogens with two attached hydrogens (primary N) is 1. The number of primary amides is 1. The minimum atomic E-state index is -0.504. The number of hydrogen-bond donors (Lipinski definition) is 2. The number of aryl methyl sites for hydroxylation is 1. The summed E-state index contributed by atoms with van der Waals surface area (Å²) in [6, 6.07) is 0. The Bertz CT molecular complexity index is 470. The van der Waals surface area contributed by atoms with Crippen LogP contribution in [0.3, 0.4) is 0 Å². The fraction of sp³-hybridized carbons (Fsp3) is 0.500. The highest BCUT2D eigenvalue weighted by atomic mass is 32.1. The van der Waals surface area contributed by atoms with Crippen molar-refractivity contribution in [2.75, 3.05) is 5.32 Å². The van der Waals surface area contributed by atoms with Gasteiger partial charge in [-0.3, -0.25) is 9.59 Å². The first-order valence-electron chi connectivity index (χ1n) is 5.36. The van der Waals surface area contributed by atoms with Gasteiger partial charge in [-0.05, 0) is 19.4 Å². The van der Waals surface area contributed by atoms with E-state index in [0.717, 1.165) is 10.4 Å². The molecule has 3 N–H and O–H groups in total. The number of amides is 2. The molecule has 0 aliphatic carbocycles. The topological polar surface area (TPSA) is 72.2 Å². The van der Waals surface area contributed by atoms with Crippen molar-refractivity contribution in [2.45, 2.75) is 34.6 Å². The van der Waals surface area contributed by atoms with Crippen molar-refractivity contribution in [3.8, 4) is 0 Å². The summed E-state index contributed by atoms with van der Waals surface area (Å²) in [5.74, 6) is -0.627. The number of carbonyl (C=O) groups excluding carboxylic acids is 2. The molecular formula is C12H18N2O2S. The van der Waals surface area contributed by atoms with E-state index in [-0.39, 0.29) is 5.91 Å². The molecule has 0 bridgehead atoms. The summed E-state index contributed by atoms with van der Waals surface area (Å²) in [5.41, 5.74) is 6.09. The lowest BCUT2D eigenvalue weighted by molar-refractivity contribution is -0.123. The second kappa shape index (κ2) is 4.49. The second-order valence-corrected chi connectivity index (χ2v) is 6.28. The molecule has 94 valence electrons. The van der Waals surface area contributed by atoms with Crippen LogP contribution in [0, 0.1) is 19.3 Å². The van der Waals surface area contributed by atoms with Gasteiger partial charge >= 0.3 is 0 Å². The van der Waals surface area contributed by atoms with Crippen LogP contribution in [0.4, 0.5) is 5.00 Å². The van der Waals surface area contributed by atoms with Gasteiger partial charge in [0.25, 0.3) is 5.91 Å². The van der Waals surface area contributed by atoms with Gasteiger partial charge in [0, 0.05) is 10.3 Å². The van der Waals surface area contributed by atoms with Crippen LogP contribution in [0.2, 0.25) is 0 Å². The van der Waals surface area contributed by atoms with Gasteiger partial charge in [-0.1, -0.05) is 20.8 Å². The van der Waals surface area contributed by atoms with E-state index in [0.29, 0.717) is 10.6 Å². The van der Waals surface area contributed by atoms with Gasteiger partial charge in [-0.25, -0.2) is 0 Å². The zero-order chi connectivity index (χ0) is 13.4. The van der Waals surface area contributed by atoms with Gasteiger partial charge in [-0.2, -0.15) is 0 Å². The molecule has 4 nitrogen and oxygen atoms in total. The van der Waals surface area contributed by atoms with Crippen LogP contribution in [0.25, 0.3) is 0 Å². The number of carbonyl (C=O) groups is 2. The smallest absolute Gasteiger partial charge is 0.251 e. The molecule has 0 saturated heterocycles. The predicted octanol–water partition coefficient (Wildman–Crippen LogP) is 2.45. The first-order valence-corrected chi connectivity index (χ1v) is 6.17. The Kier molecular flexibility index (Phi) is 3.62. The third kappa shape index (κ3) is 2.85. The SMILES string of the molecule is Cc1sc(NC(=O)C(C)(C)C)c(C(N)=O)c1C. The van der Waals surface area contributed by atoms with Crippen LogP contribution < -0.4 is 11.1 Å². The highest BCUT2D eigenvalue weighted by Crippen LogP contribution is 2.33. The molecule has 0 fully saturated rings. The maximum absolute atomic E-state index is 11.9. The largest absolute Gasteiger partial charge is 0.365 e. The van der Waals surface area contributed by atoms with E-state index in [1.165, 1.54) is 11.3 Å². The minimum absolute atomic E-state index is 0.124.